The third-order valence-corrected chi connectivity index (χ3v) is 4.66. The lowest BCUT2D eigenvalue weighted by molar-refractivity contribution is -0.199. The number of benzene rings is 1. The number of alkyl halides is 3. The smallest absolute Gasteiger partial charge is 0.326 e. The number of aromatic nitrogens is 3. The fraction of sp³-hybridized carbons (Fsp3) is 0.0556. The summed E-state index contributed by atoms with van der Waals surface area (Å²) in [6.45, 7) is 0. The molecule has 5 nitrogen and oxygen atoms in total. The number of rotatable bonds is 3. The molecule has 3 aromatic heterocycles. The van der Waals surface area contributed by atoms with Gasteiger partial charge in [-0.3, -0.25) is 0 Å². The van der Waals surface area contributed by atoms with Crippen molar-refractivity contribution in [1.29, 1.82) is 0 Å². The highest BCUT2D eigenvalue weighted by atomic mass is 32.1. The maximum atomic E-state index is 12.4. The zero-order valence-corrected chi connectivity index (χ0v) is 14.3. The van der Waals surface area contributed by atoms with Gasteiger partial charge in [0.15, 0.2) is 5.65 Å². The Morgan fingerprint density at radius 2 is 1.89 bits per heavy atom. The number of hydrogen-bond donors (Lipinski definition) is 0. The van der Waals surface area contributed by atoms with Gasteiger partial charge in [-0.15, -0.1) is 11.3 Å². The van der Waals surface area contributed by atoms with E-state index in [1.54, 1.807) is 6.07 Å². The van der Waals surface area contributed by atoms with Crippen molar-refractivity contribution in [3.8, 4) is 21.8 Å². The molecule has 0 N–H and O–H groups in total. The lowest BCUT2D eigenvalue weighted by Crippen LogP contribution is -2.33. The number of carbonyl (C=O) groups is 1. The fourth-order valence-corrected chi connectivity index (χ4v) is 3.39. The standard InChI is InChI=1S/C18H10F3N3O2S/c19-18(20,21)17(25)26-24-9-7-13-12(6-8-22-15(13)24)14-10-27-16(23-14)11-4-2-1-3-5-11/h1-10H. The first-order chi connectivity index (χ1) is 12.9. The summed E-state index contributed by atoms with van der Waals surface area (Å²) < 4.78 is 38.0. The lowest BCUT2D eigenvalue weighted by atomic mass is 10.1. The molecule has 4 rings (SSSR count). The highest BCUT2D eigenvalue weighted by Crippen LogP contribution is 2.32. The zero-order valence-electron chi connectivity index (χ0n) is 13.5. The predicted octanol–water partition coefficient (Wildman–Crippen LogP) is 4.34. The summed E-state index contributed by atoms with van der Waals surface area (Å²) in [6, 6.07) is 12.9. The van der Waals surface area contributed by atoms with E-state index in [2.05, 4.69) is 14.8 Å². The average molecular weight is 389 g/mol. The highest BCUT2D eigenvalue weighted by Gasteiger charge is 2.42. The van der Waals surface area contributed by atoms with Gasteiger partial charge in [0.1, 0.15) is 5.01 Å². The molecule has 0 spiro atoms. The van der Waals surface area contributed by atoms with Gasteiger partial charge in [-0.25, -0.2) is 14.8 Å². The Labute approximate surface area is 154 Å². The van der Waals surface area contributed by atoms with Gasteiger partial charge < -0.3 is 4.84 Å². The first-order valence-electron chi connectivity index (χ1n) is 7.70. The average Bonchev–Trinajstić information content (AvgIpc) is 3.29. The number of thiazole rings is 1. The summed E-state index contributed by atoms with van der Waals surface area (Å²) in [7, 11) is 0. The van der Waals surface area contributed by atoms with E-state index in [9.17, 15) is 18.0 Å². The van der Waals surface area contributed by atoms with Gasteiger partial charge in [-0.2, -0.15) is 17.9 Å². The van der Waals surface area contributed by atoms with Gasteiger partial charge in [0.2, 0.25) is 0 Å². The van der Waals surface area contributed by atoms with Crippen LogP contribution in [0.3, 0.4) is 0 Å². The van der Waals surface area contributed by atoms with Crippen molar-refractivity contribution in [2.75, 3.05) is 0 Å². The molecule has 0 aliphatic carbocycles. The van der Waals surface area contributed by atoms with Gasteiger partial charge >= 0.3 is 12.1 Å². The van der Waals surface area contributed by atoms with E-state index < -0.39 is 12.1 Å². The van der Waals surface area contributed by atoms with Crippen molar-refractivity contribution < 1.29 is 22.8 Å². The van der Waals surface area contributed by atoms with Gasteiger partial charge in [0, 0.05) is 34.3 Å². The van der Waals surface area contributed by atoms with Crippen LogP contribution in [0.5, 0.6) is 0 Å². The molecule has 0 radical (unpaired) electrons. The van der Waals surface area contributed by atoms with Crippen LogP contribution in [0.4, 0.5) is 13.2 Å². The van der Waals surface area contributed by atoms with Gasteiger partial charge in [0.25, 0.3) is 0 Å². The Kier molecular flexibility index (Phi) is 4.15. The predicted molar refractivity (Wildman–Crippen MR) is 93.9 cm³/mol. The molecule has 27 heavy (non-hydrogen) atoms. The second kappa shape index (κ2) is 6.51. The minimum absolute atomic E-state index is 0.0966. The monoisotopic (exact) mass is 389 g/mol. The second-order valence-electron chi connectivity index (χ2n) is 5.52. The summed E-state index contributed by atoms with van der Waals surface area (Å²) >= 11 is 1.45. The van der Waals surface area contributed by atoms with E-state index >= 15 is 0 Å². The van der Waals surface area contributed by atoms with E-state index in [0.717, 1.165) is 10.6 Å². The lowest BCUT2D eigenvalue weighted by Gasteiger charge is -2.07. The number of halogens is 3. The molecule has 0 amide bonds. The molecule has 136 valence electrons. The Morgan fingerprint density at radius 1 is 1.11 bits per heavy atom. The fourth-order valence-electron chi connectivity index (χ4n) is 2.56. The van der Waals surface area contributed by atoms with E-state index in [1.165, 1.54) is 29.8 Å². The zero-order chi connectivity index (χ0) is 19.0. The maximum Gasteiger partial charge on any atom is 0.493 e. The largest absolute Gasteiger partial charge is 0.493 e. The van der Waals surface area contributed by atoms with Gasteiger partial charge in [-0.1, -0.05) is 30.3 Å². The summed E-state index contributed by atoms with van der Waals surface area (Å²) in [5.74, 6) is -2.31. The molecular weight excluding hydrogens is 379 g/mol. The second-order valence-corrected chi connectivity index (χ2v) is 6.38. The van der Waals surface area contributed by atoms with Crippen LogP contribution >= 0.6 is 11.3 Å². The van der Waals surface area contributed by atoms with Crippen molar-refractivity contribution in [3.63, 3.8) is 0 Å². The maximum absolute atomic E-state index is 12.4. The number of nitrogens with zero attached hydrogens (tertiary/aromatic N) is 3. The number of pyridine rings is 1. The van der Waals surface area contributed by atoms with Crippen LogP contribution in [-0.4, -0.2) is 26.8 Å². The Hall–Kier alpha value is -3.20. The molecule has 0 fully saturated rings. The van der Waals surface area contributed by atoms with Gasteiger partial charge in [0.05, 0.1) is 5.69 Å². The van der Waals surface area contributed by atoms with E-state index in [4.69, 9.17) is 0 Å². The first kappa shape index (κ1) is 17.2. The molecule has 1 aromatic carbocycles. The Bertz CT molecular complexity index is 1120. The van der Waals surface area contributed by atoms with Crippen molar-refractivity contribution in [2.24, 2.45) is 0 Å². The molecule has 0 unspecified atom stereocenters. The van der Waals surface area contributed by atoms with Crippen LogP contribution in [0.25, 0.3) is 32.9 Å². The molecule has 0 bridgehead atoms. The van der Waals surface area contributed by atoms with Crippen molar-refractivity contribution in [3.05, 3.63) is 60.2 Å². The van der Waals surface area contributed by atoms with Crippen LogP contribution in [0, 0.1) is 0 Å². The highest BCUT2D eigenvalue weighted by molar-refractivity contribution is 7.13. The van der Waals surface area contributed by atoms with Gasteiger partial charge in [-0.05, 0) is 12.1 Å². The van der Waals surface area contributed by atoms with Crippen LogP contribution in [0.2, 0.25) is 0 Å². The minimum Gasteiger partial charge on any atom is -0.326 e. The molecule has 0 saturated carbocycles. The molecule has 0 aliphatic heterocycles. The Morgan fingerprint density at radius 3 is 2.63 bits per heavy atom. The van der Waals surface area contributed by atoms with Crippen molar-refractivity contribution >= 4 is 28.3 Å². The molecule has 4 aromatic rings. The van der Waals surface area contributed by atoms with E-state index in [-0.39, 0.29) is 5.65 Å². The van der Waals surface area contributed by atoms with Crippen LogP contribution in [0.1, 0.15) is 0 Å². The summed E-state index contributed by atoms with van der Waals surface area (Å²) in [6.07, 6.45) is -2.44. The third kappa shape index (κ3) is 3.28. The van der Waals surface area contributed by atoms with Crippen molar-refractivity contribution in [1.82, 2.24) is 14.7 Å². The molecule has 3 heterocycles. The SMILES string of the molecule is O=C(On1ccc2c(-c3csc(-c4ccccc4)n3)ccnc21)C(F)(F)F. The number of carbonyl (C=O) groups excluding carboxylic acids is 1. The normalized spacial score (nSPS) is 11.7. The van der Waals surface area contributed by atoms with Crippen LogP contribution in [-0.2, 0) is 4.79 Å². The van der Waals surface area contributed by atoms with Crippen LogP contribution < -0.4 is 4.84 Å². The molecule has 0 saturated heterocycles. The quantitative estimate of drug-likeness (QED) is 0.523. The molecule has 9 heteroatoms. The summed E-state index contributed by atoms with van der Waals surface area (Å²) in [5, 5.41) is 3.20. The molecule has 0 aliphatic rings. The molecule has 0 atom stereocenters. The first-order valence-corrected chi connectivity index (χ1v) is 8.58. The van der Waals surface area contributed by atoms with E-state index in [0.29, 0.717) is 21.4 Å². The molecular formula is C18H10F3N3O2S. The van der Waals surface area contributed by atoms with E-state index in [1.807, 2.05) is 35.7 Å². The topological polar surface area (TPSA) is 57.0 Å². The number of fused-ring (bicyclic) bond motifs is 1. The minimum atomic E-state index is -5.09. The summed E-state index contributed by atoms with van der Waals surface area (Å²) in [5.41, 5.74) is 2.40. The Balaban J connectivity index is 1.72. The third-order valence-electron chi connectivity index (χ3n) is 3.77. The number of hydrogen-bond acceptors (Lipinski definition) is 5. The van der Waals surface area contributed by atoms with Crippen molar-refractivity contribution in [2.45, 2.75) is 6.18 Å². The summed E-state index contributed by atoms with van der Waals surface area (Å²) in [4.78, 5) is 24.1. The van der Waals surface area contributed by atoms with Crippen LogP contribution in [0.15, 0.2) is 60.2 Å².